The molecule has 2 aliphatic heterocycles. The quantitative estimate of drug-likeness (QED) is 0.248. The van der Waals surface area contributed by atoms with E-state index in [1.165, 1.54) is 5.52 Å². The number of nitrogens with zero attached hydrogens (tertiary/aromatic N) is 3. The lowest BCUT2D eigenvalue weighted by Crippen LogP contribution is -2.38. The first-order valence-electron chi connectivity index (χ1n) is 14.5. The van der Waals surface area contributed by atoms with Crippen molar-refractivity contribution >= 4 is 60.5 Å². The Hall–Kier alpha value is -4.21. The molecule has 41 heavy (non-hydrogen) atoms. The normalized spacial score (nSPS) is 17.8. The summed E-state index contributed by atoms with van der Waals surface area (Å²) in [5.74, 6) is 0.255. The molecular formula is C32H33N5O4. The van der Waals surface area contributed by atoms with E-state index in [0.717, 1.165) is 94.7 Å². The Balaban J connectivity index is 1.15. The van der Waals surface area contributed by atoms with Crippen LogP contribution >= 0.6 is 0 Å². The molecule has 1 fully saturated rings. The molecule has 8 rings (SSSR count). The summed E-state index contributed by atoms with van der Waals surface area (Å²) in [4.78, 5) is 18.2. The summed E-state index contributed by atoms with van der Waals surface area (Å²) in [6, 6.07) is 16.9. The first-order chi connectivity index (χ1) is 20.2. The number of hydrogen-bond acceptors (Lipinski definition) is 5. The van der Waals surface area contributed by atoms with E-state index >= 15 is 0 Å². The maximum absolute atomic E-state index is 12.7. The van der Waals surface area contributed by atoms with Gasteiger partial charge in [0.1, 0.15) is 0 Å². The van der Waals surface area contributed by atoms with Crippen LogP contribution in [0.2, 0.25) is 0 Å². The topological polar surface area (TPSA) is 96.7 Å². The smallest absolute Gasteiger partial charge is 0.407 e. The number of carbonyl (C=O) groups excluding carboxylic acids is 1. The summed E-state index contributed by atoms with van der Waals surface area (Å²) in [6.07, 6.45) is 2.45. The molecule has 6 aromatic rings. The molecule has 0 radical (unpaired) electrons. The Bertz CT molecular complexity index is 1940. The number of rotatable bonds is 6. The fourth-order valence-corrected chi connectivity index (χ4v) is 7.11. The number of nitrogens with one attached hydrogen (secondary N) is 2. The second kappa shape index (κ2) is 9.71. The maximum atomic E-state index is 12.7. The Kier molecular flexibility index (Phi) is 5.82. The summed E-state index contributed by atoms with van der Waals surface area (Å²) < 4.78 is 16.0. The third-order valence-electron chi connectivity index (χ3n) is 8.90. The van der Waals surface area contributed by atoms with Crippen LogP contribution in [0.15, 0.2) is 54.7 Å². The number of benzene rings is 3. The zero-order valence-corrected chi connectivity index (χ0v) is 22.9. The van der Waals surface area contributed by atoms with Gasteiger partial charge in [-0.15, -0.1) is 0 Å². The number of para-hydroxylation sites is 2. The number of carbonyl (C=O) groups is 1. The van der Waals surface area contributed by atoms with E-state index in [0.29, 0.717) is 19.7 Å². The highest BCUT2D eigenvalue weighted by Gasteiger charge is 2.29. The molecule has 0 saturated carbocycles. The Morgan fingerprint density at radius 1 is 0.927 bits per heavy atom. The molecule has 3 aromatic carbocycles. The van der Waals surface area contributed by atoms with Gasteiger partial charge in [0.15, 0.2) is 5.88 Å². The van der Waals surface area contributed by atoms with Crippen molar-refractivity contribution in [1.82, 2.24) is 24.3 Å². The van der Waals surface area contributed by atoms with Gasteiger partial charge in [0, 0.05) is 82.8 Å². The number of fused-ring (bicyclic) bond motifs is 9. The van der Waals surface area contributed by atoms with Gasteiger partial charge in [-0.3, -0.25) is 4.90 Å². The number of morpholine rings is 1. The maximum Gasteiger partial charge on any atom is 0.407 e. The van der Waals surface area contributed by atoms with Crippen LogP contribution in [0.1, 0.15) is 6.42 Å². The lowest BCUT2D eigenvalue weighted by molar-refractivity contribution is 0.0373. The number of aromatic amines is 1. The van der Waals surface area contributed by atoms with Gasteiger partial charge in [0.2, 0.25) is 0 Å². The van der Waals surface area contributed by atoms with E-state index in [-0.39, 0.29) is 17.9 Å². The highest BCUT2D eigenvalue weighted by molar-refractivity contribution is 6.36. The number of hydrogen-bond donors (Lipinski definition) is 3. The largest absolute Gasteiger partial charge is 0.494 e. The molecule has 0 bridgehead atoms. The van der Waals surface area contributed by atoms with E-state index < -0.39 is 0 Å². The van der Waals surface area contributed by atoms with Crippen LogP contribution in [0.25, 0.3) is 54.4 Å². The standard InChI is InChI=1S/C32H33N5O4/c38-31-28-23(16-34-31)26-21-6-1-3-8-24(21)36-17-20(19-41-32(39)33-10-5-11-35-12-14-40-15-13-35)18-37-25-9-4-2-7-22(25)27(28)30(37)29(26)36/h1-4,6-9,16,20,34,38H,5,10-15,17-19H2,(H,33,39). The molecule has 5 heterocycles. The van der Waals surface area contributed by atoms with Gasteiger partial charge >= 0.3 is 6.09 Å². The fourth-order valence-electron chi connectivity index (χ4n) is 7.11. The fraction of sp³-hybridized carbons (Fsp3) is 0.344. The van der Waals surface area contributed by atoms with Gasteiger partial charge in [-0.05, 0) is 25.1 Å². The average Bonchev–Trinajstić information content (AvgIpc) is 3.60. The average molecular weight is 552 g/mol. The van der Waals surface area contributed by atoms with E-state index in [2.05, 4.69) is 72.9 Å². The minimum absolute atomic E-state index is 0.0639. The van der Waals surface area contributed by atoms with Gasteiger partial charge < -0.3 is 34.0 Å². The van der Waals surface area contributed by atoms with Crippen LogP contribution < -0.4 is 5.32 Å². The van der Waals surface area contributed by atoms with Crippen LogP contribution in [0.5, 0.6) is 5.88 Å². The van der Waals surface area contributed by atoms with E-state index in [1.54, 1.807) is 0 Å². The summed E-state index contributed by atoms with van der Waals surface area (Å²) in [7, 11) is 0. The number of H-pyrrole nitrogens is 1. The second-order valence-electron chi connectivity index (χ2n) is 11.3. The van der Waals surface area contributed by atoms with Crippen molar-refractivity contribution in [2.24, 2.45) is 5.92 Å². The molecule has 1 amide bonds. The first kappa shape index (κ1) is 24.6. The molecule has 3 aromatic heterocycles. The minimum Gasteiger partial charge on any atom is -0.494 e. The minimum atomic E-state index is -0.363. The van der Waals surface area contributed by atoms with Gasteiger partial charge in [-0.1, -0.05) is 36.4 Å². The van der Waals surface area contributed by atoms with E-state index in [1.807, 2.05) is 6.20 Å². The van der Waals surface area contributed by atoms with Crippen LogP contribution in [-0.4, -0.2) is 76.2 Å². The molecule has 9 nitrogen and oxygen atoms in total. The molecule has 210 valence electrons. The summed E-state index contributed by atoms with van der Waals surface area (Å²) >= 11 is 0. The number of alkyl carbamates (subject to hydrolysis) is 1. The lowest BCUT2D eigenvalue weighted by Gasteiger charge is -2.26. The van der Waals surface area contributed by atoms with Crippen LogP contribution in [-0.2, 0) is 22.6 Å². The predicted octanol–water partition coefficient (Wildman–Crippen LogP) is 5.17. The number of amides is 1. The zero-order chi connectivity index (χ0) is 27.5. The molecular weight excluding hydrogens is 518 g/mol. The molecule has 1 unspecified atom stereocenters. The molecule has 2 aliphatic rings. The summed E-state index contributed by atoms with van der Waals surface area (Å²) in [5.41, 5.74) is 4.55. The third-order valence-corrected chi connectivity index (χ3v) is 8.90. The Labute approximate surface area is 236 Å². The third kappa shape index (κ3) is 3.87. The van der Waals surface area contributed by atoms with Gasteiger partial charge in [-0.25, -0.2) is 4.79 Å². The van der Waals surface area contributed by atoms with Crippen LogP contribution in [0.3, 0.4) is 0 Å². The number of ether oxygens (including phenoxy) is 2. The van der Waals surface area contributed by atoms with Crippen molar-refractivity contribution in [1.29, 1.82) is 0 Å². The van der Waals surface area contributed by atoms with Crippen molar-refractivity contribution in [2.45, 2.75) is 19.5 Å². The van der Waals surface area contributed by atoms with Gasteiger partial charge in [-0.2, -0.15) is 0 Å². The Morgan fingerprint density at radius 2 is 1.59 bits per heavy atom. The molecule has 0 aliphatic carbocycles. The van der Waals surface area contributed by atoms with Crippen molar-refractivity contribution in [3.63, 3.8) is 0 Å². The van der Waals surface area contributed by atoms with Crippen LogP contribution in [0, 0.1) is 5.92 Å². The molecule has 0 spiro atoms. The van der Waals surface area contributed by atoms with E-state index in [4.69, 9.17) is 9.47 Å². The lowest BCUT2D eigenvalue weighted by atomic mass is 10.0. The molecule has 1 atom stereocenters. The molecule has 3 N–H and O–H groups in total. The first-order valence-corrected chi connectivity index (χ1v) is 14.5. The predicted molar refractivity (Wildman–Crippen MR) is 161 cm³/mol. The van der Waals surface area contributed by atoms with Crippen LogP contribution in [0.4, 0.5) is 4.79 Å². The van der Waals surface area contributed by atoms with Crippen molar-refractivity contribution < 1.29 is 19.4 Å². The summed E-state index contributed by atoms with van der Waals surface area (Å²) in [6.45, 7) is 6.75. The highest BCUT2D eigenvalue weighted by atomic mass is 16.5. The van der Waals surface area contributed by atoms with Gasteiger partial charge in [0.05, 0.1) is 36.2 Å². The Morgan fingerprint density at radius 3 is 2.32 bits per heavy atom. The van der Waals surface area contributed by atoms with Gasteiger partial charge in [0.25, 0.3) is 0 Å². The molecule has 9 heteroatoms. The summed E-state index contributed by atoms with van der Waals surface area (Å²) in [5, 5.41) is 20.3. The number of aromatic nitrogens is 3. The zero-order valence-electron chi connectivity index (χ0n) is 22.9. The van der Waals surface area contributed by atoms with Crippen molar-refractivity contribution in [3.05, 3.63) is 54.7 Å². The van der Waals surface area contributed by atoms with E-state index in [9.17, 15) is 9.90 Å². The number of aromatic hydroxyl groups is 1. The highest BCUT2D eigenvalue weighted by Crippen LogP contribution is 2.48. The van der Waals surface area contributed by atoms with Crippen molar-refractivity contribution in [3.8, 4) is 5.88 Å². The SMILES string of the molecule is O=C(NCCCN1CCOCC1)OCC1Cn2c3ccccc3c3c4c[nH]c(O)c4c4c5ccccc5n(c4c32)C1. The van der Waals surface area contributed by atoms with Crippen molar-refractivity contribution in [2.75, 3.05) is 46.0 Å². The monoisotopic (exact) mass is 551 g/mol. The molecule has 1 saturated heterocycles. The second-order valence-corrected chi connectivity index (χ2v) is 11.3.